The molecule has 0 radical (unpaired) electrons. The molecule has 8 rings (SSSR count). The van der Waals surface area contributed by atoms with Crippen molar-refractivity contribution in [1.29, 1.82) is 21.2 Å². The van der Waals surface area contributed by atoms with E-state index in [1.54, 1.807) is 26.1 Å². The van der Waals surface area contributed by atoms with Gasteiger partial charge in [0.05, 0.1) is 87.1 Å². The monoisotopic (exact) mass is 947 g/mol. The minimum Gasteiger partial charge on any atom is -0.386 e. The molecule has 0 amide bonds. The van der Waals surface area contributed by atoms with E-state index in [0.29, 0.717) is 53.4 Å². The molecule has 0 atom stereocenters. The number of rotatable bonds is 10. The lowest BCUT2D eigenvalue weighted by molar-refractivity contribution is 0.619. The van der Waals surface area contributed by atoms with E-state index in [1.165, 1.54) is 70.3 Å². The van der Waals surface area contributed by atoms with E-state index < -0.39 is 34.1 Å². The van der Waals surface area contributed by atoms with Gasteiger partial charge in [0.25, 0.3) is 11.1 Å². The summed E-state index contributed by atoms with van der Waals surface area (Å²) in [6.45, 7) is 1.66. The average molecular weight is 949 g/mol. The lowest BCUT2D eigenvalue weighted by atomic mass is 10.0. The molecule has 6 aromatic heterocycles. The zero-order valence-corrected chi connectivity index (χ0v) is 37.0. The Kier molecular flexibility index (Phi) is 13.3. The summed E-state index contributed by atoms with van der Waals surface area (Å²) in [6.07, 6.45) is 6.67. The molecule has 0 bridgehead atoms. The van der Waals surface area contributed by atoms with Gasteiger partial charge in [0, 0.05) is 65.2 Å². The number of benzene rings is 2. The number of pyridine rings is 2. The number of fused-ring (bicyclic) bond motifs is 2. The quantitative estimate of drug-likeness (QED) is 0.125. The number of nitrogens with one attached hydrogen (secondary N) is 2. The minimum absolute atomic E-state index is 0.0126. The molecular formula is C44H29Cl2F2N11O4S2. The first-order valence-corrected chi connectivity index (χ1v) is 21.4. The fourth-order valence-electron chi connectivity index (χ4n) is 6.96. The van der Waals surface area contributed by atoms with E-state index in [2.05, 4.69) is 21.4 Å². The Morgan fingerprint density at radius 1 is 0.785 bits per heavy atom. The number of aryl methyl sites for hydroxylation is 3. The Bertz CT molecular complexity index is 3630. The van der Waals surface area contributed by atoms with Crippen LogP contribution in [0.25, 0.3) is 52.7 Å². The zero-order valence-electron chi connectivity index (χ0n) is 33.8. The Morgan fingerprint density at radius 3 is 1.95 bits per heavy atom. The average Bonchev–Trinajstić information content (AvgIpc) is 3.94. The minimum atomic E-state index is -0.682. The van der Waals surface area contributed by atoms with Gasteiger partial charge >= 0.3 is 11.4 Å². The lowest BCUT2D eigenvalue weighted by Gasteiger charge is -2.15. The predicted molar refractivity (Wildman–Crippen MR) is 247 cm³/mol. The van der Waals surface area contributed by atoms with E-state index >= 15 is 0 Å². The lowest BCUT2D eigenvalue weighted by Crippen LogP contribution is -2.39. The molecule has 65 heavy (non-hydrogen) atoms. The number of anilines is 1. The Morgan fingerprint density at radius 2 is 1.38 bits per heavy atom. The Balaban J connectivity index is 0.000000196. The number of hydrogen-bond donors (Lipinski definition) is 2. The summed E-state index contributed by atoms with van der Waals surface area (Å²) in [5.74, 6) is -0.976. The summed E-state index contributed by atoms with van der Waals surface area (Å²) in [7, 11) is 1.60. The van der Waals surface area contributed by atoms with Crippen LogP contribution in [-0.4, -0.2) is 41.5 Å². The van der Waals surface area contributed by atoms with Crippen LogP contribution in [0.3, 0.4) is 0 Å². The number of nitriles is 3. The second-order valence-electron chi connectivity index (χ2n) is 13.9. The van der Waals surface area contributed by atoms with Crippen molar-refractivity contribution < 1.29 is 8.78 Å². The maximum absolute atomic E-state index is 14.4. The van der Waals surface area contributed by atoms with Crippen LogP contribution in [0.1, 0.15) is 29.5 Å². The topological polar surface area (TPSA) is 221 Å². The van der Waals surface area contributed by atoms with Crippen LogP contribution in [0.2, 0.25) is 10.0 Å². The molecule has 0 fully saturated rings. The van der Waals surface area contributed by atoms with Crippen LogP contribution in [0.4, 0.5) is 14.5 Å². The van der Waals surface area contributed by atoms with Crippen LogP contribution in [0.15, 0.2) is 92.5 Å². The third kappa shape index (κ3) is 8.59. The van der Waals surface area contributed by atoms with E-state index in [-0.39, 0.29) is 57.6 Å². The van der Waals surface area contributed by atoms with Crippen LogP contribution in [0.5, 0.6) is 0 Å². The van der Waals surface area contributed by atoms with Crippen molar-refractivity contribution in [3.05, 3.63) is 153 Å². The van der Waals surface area contributed by atoms with E-state index in [9.17, 15) is 33.2 Å². The fraction of sp³-hybridized carbons (Fsp3) is 0.136. The summed E-state index contributed by atoms with van der Waals surface area (Å²) in [5, 5.41) is 38.7. The predicted octanol–water partition coefficient (Wildman–Crippen LogP) is 8.18. The van der Waals surface area contributed by atoms with Crippen molar-refractivity contribution in [3.63, 3.8) is 0 Å². The van der Waals surface area contributed by atoms with E-state index in [1.807, 2.05) is 12.1 Å². The summed E-state index contributed by atoms with van der Waals surface area (Å²) in [4.78, 5) is 62.5. The number of hydrogen-bond acceptors (Lipinski definition) is 13. The molecule has 0 saturated carbocycles. The van der Waals surface area contributed by atoms with Gasteiger partial charge in [0.15, 0.2) is 0 Å². The van der Waals surface area contributed by atoms with Crippen molar-refractivity contribution in [2.24, 2.45) is 0 Å². The third-order valence-corrected chi connectivity index (χ3v) is 12.8. The first kappa shape index (κ1) is 45.4. The van der Waals surface area contributed by atoms with Gasteiger partial charge in [-0.15, -0.1) is 22.7 Å². The maximum atomic E-state index is 14.4. The first-order chi connectivity index (χ1) is 31.3. The fourth-order valence-corrected chi connectivity index (χ4v) is 9.71. The van der Waals surface area contributed by atoms with Gasteiger partial charge in [0.2, 0.25) is 0 Å². The molecule has 0 aliphatic rings. The third-order valence-electron chi connectivity index (χ3n) is 9.97. The first-order valence-electron chi connectivity index (χ1n) is 19.0. The Labute approximate surface area is 383 Å². The second kappa shape index (κ2) is 19.0. The highest BCUT2D eigenvalue weighted by Crippen LogP contribution is 2.37. The molecule has 8 aromatic rings. The van der Waals surface area contributed by atoms with E-state index in [4.69, 9.17) is 39.1 Å². The number of aromatic nitrogens is 6. The highest BCUT2D eigenvalue weighted by Gasteiger charge is 2.23. The normalized spacial score (nSPS) is 10.8. The van der Waals surface area contributed by atoms with Crippen molar-refractivity contribution in [2.45, 2.75) is 32.9 Å². The van der Waals surface area contributed by atoms with Crippen LogP contribution >= 0.6 is 45.9 Å². The molecule has 0 unspecified atom stereocenters. The number of nitrogens with zero attached hydrogens (tertiary/aromatic N) is 9. The van der Waals surface area contributed by atoms with Gasteiger partial charge in [0.1, 0.15) is 21.0 Å². The molecule has 324 valence electrons. The molecule has 2 N–H and O–H groups in total. The highest BCUT2D eigenvalue weighted by molar-refractivity contribution is 7.22. The zero-order chi connectivity index (χ0) is 46.7. The summed E-state index contributed by atoms with van der Waals surface area (Å²) in [5.41, 5.74) is 0.738. The molecule has 21 heteroatoms. The second-order valence-corrected chi connectivity index (χ2v) is 16.8. The molecular weight excluding hydrogens is 920 g/mol. The smallest absolute Gasteiger partial charge is 0.336 e. The number of thiophene rings is 2. The molecule has 0 saturated heterocycles. The van der Waals surface area contributed by atoms with Crippen molar-refractivity contribution >= 4 is 78.2 Å². The van der Waals surface area contributed by atoms with Gasteiger partial charge in [-0.2, -0.15) is 15.8 Å². The largest absolute Gasteiger partial charge is 0.386 e. The van der Waals surface area contributed by atoms with Gasteiger partial charge < -0.3 is 10.7 Å². The van der Waals surface area contributed by atoms with Gasteiger partial charge in [-0.1, -0.05) is 23.2 Å². The van der Waals surface area contributed by atoms with Gasteiger partial charge in [-0.25, -0.2) is 27.5 Å². The summed E-state index contributed by atoms with van der Waals surface area (Å²) >= 11 is 14.3. The van der Waals surface area contributed by atoms with Crippen molar-refractivity contribution in [2.75, 3.05) is 12.4 Å². The molecule has 0 spiro atoms. The molecule has 2 aromatic carbocycles. The molecule has 0 aliphatic heterocycles. The standard InChI is InChI=1S/C24H18FN7O2S.C20H11Cl2FN4O2S/c1-13-6-14(9-27)16(7-17(13)25)20-8-18-22(35-20)23(33)32(24(34)31(18)5-3-4-26)19-12-30-11-15(10-28)21(19)29-2;21-11-6-13(10-25-9-11)27-19(28)18-16(26(20(27)29)5-1-4-24)8-17(30-18)14-3-2-12(23)7-15(14)22/h6-8,10-12,28H,3,5H2,1-2H3,(H,29,30);2-3,6-10H,1,5H2. The molecule has 6 heterocycles. The van der Waals surface area contributed by atoms with Crippen molar-refractivity contribution in [3.8, 4) is 50.5 Å². The summed E-state index contributed by atoms with van der Waals surface area (Å²) in [6, 6.07) is 17.4. The maximum Gasteiger partial charge on any atom is 0.336 e. The van der Waals surface area contributed by atoms with E-state index in [0.717, 1.165) is 38.0 Å². The van der Waals surface area contributed by atoms with Crippen LogP contribution < -0.4 is 27.8 Å². The summed E-state index contributed by atoms with van der Waals surface area (Å²) < 4.78 is 32.9. The van der Waals surface area contributed by atoms with Crippen LogP contribution in [0, 0.1) is 58.0 Å². The molecule has 15 nitrogen and oxygen atoms in total. The SMILES string of the molecule is CNc1c(C=N)cncc1-n1c(=O)c2sc(-c3cc(F)c(C)cc3C#N)cc2n(CCC#N)c1=O.N#CCCn1c(=O)n(-c2cncc(Cl)c2)c(=O)c2sc(-c3ccc(F)cc3Cl)cc21. The highest BCUT2D eigenvalue weighted by atomic mass is 35.5. The molecule has 0 aliphatic carbocycles. The van der Waals surface area contributed by atoms with Crippen molar-refractivity contribution in [1.82, 2.24) is 28.2 Å². The Hall–Kier alpha value is -7.60. The van der Waals surface area contributed by atoms with Crippen LogP contribution in [-0.2, 0) is 13.1 Å². The van der Waals surface area contributed by atoms with Gasteiger partial charge in [-0.3, -0.25) is 28.7 Å². The van der Waals surface area contributed by atoms with Gasteiger partial charge in [-0.05, 0) is 61.0 Å². The number of halogens is 4.